The number of hydrogen-bond donors (Lipinski definition) is 1. The van der Waals surface area contributed by atoms with Crippen molar-refractivity contribution in [2.24, 2.45) is 0 Å². The maximum atomic E-state index is 13.2. The van der Waals surface area contributed by atoms with Gasteiger partial charge < -0.3 is 5.11 Å². The van der Waals surface area contributed by atoms with Crippen molar-refractivity contribution >= 4 is 0 Å². The summed E-state index contributed by atoms with van der Waals surface area (Å²) in [6.45, 7) is 1.02. The molecule has 1 heterocycles. The highest BCUT2D eigenvalue weighted by molar-refractivity contribution is 5.40. The molecule has 1 aromatic carbocycles. The minimum Gasteiger partial charge on any atom is -0.381 e. The van der Waals surface area contributed by atoms with Crippen molar-refractivity contribution in [1.29, 1.82) is 0 Å². The Morgan fingerprint density at radius 1 is 1.00 bits per heavy atom. The van der Waals surface area contributed by atoms with Gasteiger partial charge in [0.1, 0.15) is 17.2 Å². The summed E-state index contributed by atoms with van der Waals surface area (Å²) in [5.74, 6) is -1.99. The number of benzene rings is 1. The fourth-order valence-electron chi connectivity index (χ4n) is 2.02. The molecule has 2 nitrogen and oxygen atoms in total. The Balaban J connectivity index is 2.64. The van der Waals surface area contributed by atoms with Crippen molar-refractivity contribution in [1.82, 2.24) is 4.98 Å². The molecule has 21 heavy (non-hydrogen) atoms. The van der Waals surface area contributed by atoms with Gasteiger partial charge in [-0.3, -0.25) is 4.98 Å². The number of pyridine rings is 1. The predicted octanol–water partition coefficient (Wildman–Crippen LogP) is 3.63. The van der Waals surface area contributed by atoms with Crippen LogP contribution in [0.25, 0.3) is 0 Å². The lowest BCUT2D eigenvalue weighted by Gasteiger charge is -2.27. The molecule has 0 amide bonds. The van der Waals surface area contributed by atoms with Gasteiger partial charge in [-0.05, 0) is 30.7 Å². The quantitative estimate of drug-likeness (QED) is 0.859. The predicted molar refractivity (Wildman–Crippen MR) is 64.3 cm³/mol. The van der Waals surface area contributed by atoms with E-state index in [9.17, 15) is 27.1 Å². The molecule has 0 aliphatic heterocycles. The molecule has 2 rings (SSSR count). The van der Waals surface area contributed by atoms with Crippen molar-refractivity contribution < 1.29 is 27.1 Å². The summed E-state index contributed by atoms with van der Waals surface area (Å²) in [5, 5.41) is 10.4. The fraction of sp³-hybridized carbons (Fsp3) is 0.214. The first kappa shape index (κ1) is 15.4. The van der Waals surface area contributed by atoms with Crippen molar-refractivity contribution in [3.63, 3.8) is 0 Å². The zero-order valence-corrected chi connectivity index (χ0v) is 10.7. The highest BCUT2D eigenvalue weighted by atomic mass is 19.4. The Bertz CT molecular complexity index is 646. The zero-order chi connectivity index (χ0) is 15.8. The summed E-state index contributed by atoms with van der Waals surface area (Å²) < 4.78 is 65.3. The van der Waals surface area contributed by atoms with Crippen LogP contribution < -0.4 is 0 Å². The Kier molecular flexibility index (Phi) is 3.71. The van der Waals surface area contributed by atoms with E-state index in [1.165, 1.54) is 0 Å². The van der Waals surface area contributed by atoms with Gasteiger partial charge in [0.15, 0.2) is 0 Å². The van der Waals surface area contributed by atoms with Crippen LogP contribution in [0.3, 0.4) is 0 Å². The normalized spacial score (nSPS) is 14.8. The molecule has 1 aromatic heterocycles. The molecule has 0 bridgehead atoms. The summed E-state index contributed by atoms with van der Waals surface area (Å²) in [5.41, 5.74) is -4.28. The lowest BCUT2D eigenvalue weighted by atomic mass is 9.86. The van der Waals surface area contributed by atoms with Crippen LogP contribution in [0.15, 0.2) is 36.7 Å². The molecule has 2 aromatic rings. The highest BCUT2D eigenvalue weighted by Gasteiger charge is 2.39. The topological polar surface area (TPSA) is 33.1 Å². The number of alkyl halides is 3. The van der Waals surface area contributed by atoms with Crippen molar-refractivity contribution in [3.05, 3.63) is 65.0 Å². The molecule has 0 fully saturated rings. The lowest BCUT2D eigenvalue weighted by molar-refractivity contribution is -0.140. The molecular formula is C14H10F5NO. The highest BCUT2D eigenvalue weighted by Crippen LogP contribution is 2.39. The number of nitrogens with zero attached hydrogens (tertiary/aromatic N) is 1. The van der Waals surface area contributed by atoms with Gasteiger partial charge >= 0.3 is 6.18 Å². The third-order valence-electron chi connectivity index (χ3n) is 3.08. The molecule has 0 saturated heterocycles. The first-order chi connectivity index (χ1) is 9.62. The number of aliphatic hydroxyl groups is 1. The van der Waals surface area contributed by atoms with Gasteiger partial charge in [-0.1, -0.05) is 0 Å². The van der Waals surface area contributed by atoms with Crippen LogP contribution in [0.1, 0.15) is 23.6 Å². The second-order valence-corrected chi connectivity index (χ2v) is 4.65. The van der Waals surface area contributed by atoms with Crippen molar-refractivity contribution in [3.8, 4) is 0 Å². The average Bonchev–Trinajstić information content (AvgIpc) is 2.36. The molecule has 112 valence electrons. The van der Waals surface area contributed by atoms with Crippen molar-refractivity contribution in [2.75, 3.05) is 0 Å². The van der Waals surface area contributed by atoms with Gasteiger partial charge in [-0.15, -0.1) is 0 Å². The maximum absolute atomic E-state index is 13.2. The molecule has 1 N–H and O–H groups in total. The first-order valence-electron chi connectivity index (χ1n) is 5.83. The molecule has 0 radical (unpaired) electrons. The molecule has 1 unspecified atom stereocenters. The van der Waals surface area contributed by atoms with E-state index in [-0.39, 0.29) is 5.56 Å². The smallest absolute Gasteiger partial charge is 0.381 e. The number of rotatable bonds is 2. The minimum absolute atomic E-state index is 0.335. The van der Waals surface area contributed by atoms with Gasteiger partial charge in [0.05, 0.1) is 5.56 Å². The molecule has 7 heteroatoms. The Hall–Kier alpha value is -2.02. The van der Waals surface area contributed by atoms with E-state index in [0.717, 1.165) is 31.5 Å². The summed E-state index contributed by atoms with van der Waals surface area (Å²) in [6.07, 6.45) is -2.98. The van der Waals surface area contributed by atoms with Crippen LogP contribution in [-0.2, 0) is 11.8 Å². The largest absolute Gasteiger partial charge is 0.416 e. The lowest BCUT2D eigenvalue weighted by Crippen LogP contribution is -2.27. The Morgan fingerprint density at radius 2 is 1.57 bits per heavy atom. The molecular weight excluding hydrogens is 293 g/mol. The molecule has 0 aliphatic rings. The van der Waals surface area contributed by atoms with Crippen LogP contribution in [0.2, 0.25) is 0 Å². The number of hydrogen-bond acceptors (Lipinski definition) is 2. The average molecular weight is 303 g/mol. The van der Waals surface area contributed by atoms with E-state index >= 15 is 0 Å². The third kappa shape index (κ3) is 3.02. The van der Waals surface area contributed by atoms with Gasteiger partial charge in [-0.25, -0.2) is 8.78 Å². The van der Waals surface area contributed by atoms with Crippen LogP contribution in [0, 0.1) is 11.6 Å². The summed E-state index contributed by atoms with van der Waals surface area (Å²) in [7, 11) is 0. The van der Waals surface area contributed by atoms with E-state index < -0.39 is 34.5 Å². The van der Waals surface area contributed by atoms with Crippen molar-refractivity contribution in [2.45, 2.75) is 18.7 Å². The van der Waals surface area contributed by atoms with Crippen LogP contribution in [0.4, 0.5) is 22.0 Å². The summed E-state index contributed by atoms with van der Waals surface area (Å²) in [4.78, 5) is 3.55. The zero-order valence-electron chi connectivity index (χ0n) is 10.7. The van der Waals surface area contributed by atoms with Gasteiger partial charge in [0, 0.05) is 24.0 Å². The summed E-state index contributed by atoms with van der Waals surface area (Å²) >= 11 is 0. The standard InChI is InChI=1S/C14H10F5NO/c1-13(21,8-4-9(15)6-10(16)5-8)12-7-20-3-2-11(12)14(17,18)19/h2-7,21H,1H3. The number of aromatic nitrogens is 1. The van der Waals surface area contributed by atoms with Gasteiger partial charge in [0.25, 0.3) is 0 Å². The van der Waals surface area contributed by atoms with Gasteiger partial charge in [0.2, 0.25) is 0 Å². The van der Waals surface area contributed by atoms with E-state index in [4.69, 9.17) is 0 Å². The molecule has 1 atom stereocenters. The van der Waals surface area contributed by atoms with E-state index in [2.05, 4.69) is 4.98 Å². The maximum Gasteiger partial charge on any atom is 0.416 e. The van der Waals surface area contributed by atoms with Gasteiger partial charge in [-0.2, -0.15) is 13.2 Å². The first-order valence-corrected chi connectivity index (χ1v) is 5.83. The third-order valence-corrected chi connectivity index (χ3v) is 3.08. The van der Waals surface area contributed by atoms with E-state index in [0.29, 0.717) is 12.1 Å². The Morgan fingerprint density at radius 3 is 2.10 bits per heavy atom. The van der Waals surface area contributed by atoms with E-state index in [1.54, 1.807) is 0 Å². The second-order valence-electron chi connectivity index (χ2n) is 4.65. The van der Waals surface area contributed by atoms with Crippen LogP contribution in [0.5, 0.6) is 0 Å². The van der Waals surface area contributed by atoms with E-state index in [1.807, 2.05) is 0 Å². The summed E-state index contributed by atoms with van der Waals surface area (Å²) in [6, 6.07) is 2.80. The molecule has 0 spiro atoms. The minimum atomic E-state index is -4.73. The number of halogens is 5. The Labute approximate surface area is 116 Å². The molecule has 0 aliphatic carbocycles. The van der Waals surface area contributed by atoms with Crippen LogP contribution in [-0.4, -0.2) is 10.1 Å². The van der Waals surface area contributed by atoms with Crippen LogP contribution >= 0.6 is 0 Å². The monoisotopic (exact) mass is 303 g/mol. The SMILES string of the molecule is CC(O)(c1cc(F)cc(F)c1)c1cnccc1C(F)(F)F. The fourth-order valence-corrected chi connectivity index (χ4v) is 2.02. The second kappa shape index (κ2) is 5.07. The molecule has 0 saturated carbocycles.